The highest BCUT2D eigenvalue weighted by Gasteiger charge is 2.60. The summed E-state index contributed by atoms with van der Waals surface area (Å²) in [6.07, 6.45) is 0.331. The van der Waals surface area contributed by atoms with E-state index in [1.165, 1.54) is 0 Å². The lowest BCUT2D eigenvalue weighted by atomic mass is 9.49. The third-order valence-electron chi connectivity index (χ3n) is 6.32. The van der Waals surface area contributed by atoms with Gasteiger partial charge in [-0.05, 0) is 68.6 Å². The maximum absolute atomic E-state index is 12.8. The molecule has 4 aliphatic carbocycles. The molecule has 4 saturated carbocycles. The Morgan fingerprint density at radius 3 is 2.41 bits per heavy atom. The molecule has 2 atom stereocenters. The van der Waals surface area contributed by atoms with Crippen molar-refractivity contribution in [1.29, 1.82) is 0 Å². The van der Waals surface area contributed by atoms with Gasteiger partial charge in [0.1, 0.15) is 0 Å². The van der Waals surface area contributed by atoms with Crippen molar-refractivity contribution in [3.63, 3.8) is 0 Å². The van der Waals surface area contributed by atoms with Crippen LogP contribution in [0.25, 0.3) is 0 Å². The molecule has 9 heteroatoms. The standard InChI is InChI=1S/C20H20Cl2F3NO3/c21-14-2-1-13(20(23,24)25)4-15(14)26-16(27)9-29-17(28)18-5-11-3-12(6-18)8-19(22,7-11)10-18/h1-2,4,11-12H,3,5-10H2,(H,26,27). The first-order valence-corrected chi connectivity index (χ1v) is 10.3. The number of hydrogen-bond donors (Lipinski definition) is 1. The molecule has 1 aromatic rings. The van der Waals surface area contributed by atoms with E-state index in [0.717, 1.165) is 50.3 Å². The molecule has 4 nitrogen and oxygen atoms in total. The van der Waals surface area contributed by atoms with Gasteiger partial charge in [0.2, 0.25) is 0 Å². The summed E-state index contributed by atoms with van der Waals surface area (Å²) in [6, 6.07) is 2.63. The van der Waals surface area contributed by atoms with E-state index in [-0.39, 0.29) is 15.6 Å². The lowest BCUT2D eigenvalue weighted by Gasteiger charge is -2.58. The molecule has 1 N–H and O–H groups in total. The number of benzene rings is 1. The molecular formula is C20H20Cl2F3NO3. The van der Waals surface area contributed by atoms with Crippen LogP contribution in [-0.2, 0) is 20.5 Å². The normalized spacial score (nSPS) is 32.9. The Balaban J connectivity index is 1.39. The second kappa shape index (κ2) is 7.05. The molecule has 0 radical (unpaired) electrons. The summed E-state index contributed by atoms with van der Waals surface area (Å²) >= 11 is 12.6. The first-order valence-electron chi connectivity index (χ1n) is 9.51. The number of alkyl halides is 4. The van der Waals surface area contributed by atoms with Crippen LogP contribution in [0.5, 0.6) is 0 Å². The van der Waals surface area contributed by atoms with Gasteiger partial charge in [0.15, 0.2) is 6.61 Å². The van der Waals surface area contributed by atoms with Gasteiger partial charge >= 0.3 is 12.1 Å². The summed E-state index contributed by atoms with van der Waals surface area (Å²) in [7, 11) is 0. The van der Waals surface area contributed by atoms with Crippen LogP contribution in [-0.4, -0.2) is 23.4 Å². The first kappa shape index (κ1) is 20.8. The Bertz CT molecular complexity index is 844. The van der Waals surface area contributed by atoms with Crippen LogP contribution in [0.2, 0.25) is 5.02 Å². The third-order valence-corrected chi connectivity index (χ3v) is 7.10. The van der Waals surface area contributed by atoms with Crippen LogP contribution in [0.1, 0.15) is 44.1 Å². The molecule has 0 saturated heterocycles. The molecule has 4 aliphatic rings. The van der Waals surface area contributed by atoms with Gasteiger partial charge in [0, 0.05) is 4.87 Å². The van der Waals surface area contributed by atoms with Gasteiger partial charge in [0.05, 0.1) is 21.7 Å². The highest BCUT2D eigenvalue weighted by molar-refractivity contribution is 6.33. The number of hydrogen-bond acceptors (Lipinski definition) is 3. The lowest BCUT2D eigenvalue weighted by Crippen LogP contribution is -2.56. The fourth-order valence-corrected chi connectivity index (χ4v) is 6.51. The zero-order valence-electron chi connectivity index (χ0n) is 15.5. The number of rotatable bonds is 4. The number of halogens is 5. The Morgan fingerprint density at radius 2 is 1.83 bits per heavy atom. The van der Waals surface area contributed by atoms with Crippen LogP contribution in [0, 0.1) is 17.3 Å². The van der Waals surface area contributed by atoms with Gasteiger partial charge in [-0.1, -0.05) is 11.6 Å². The Kier molecular flexibility index (Phi) is 5.05. The molecule has 0 aliphatic heterocycles. The van der Waals surface area contributed by atoms with Crippen LogP contribution < -0.4 is 5.32 Å². The van der Waals surface area contributed by atoms with E-state index in [4.69, 9.17) is 27.9 Å². The number of amides is 1. The number of carbonyl (C=O) groups is 2. The Hall–Kier alpha value is -1.47. The highest BCUT2D eigenvalue weighted by Crippen LogP contribution is 2.64. The first-order chi connectivity index (χ1) is 13.5. The van der Waals surface area contributed by atoms with E-state index in [1.54, 1.807) is 0 Å². The van der Waals surface area contributed by atoms with Crippen molar-refractivity contribution in [2.75, 3.05) is 11.9 Å². The van der Waals surface area contributed by atoms with Crippen molar-refractivity contribution in [1.82, 2.24) is 0 Å². The summed E-state index contributed by atoms with van der Waals surface area (Å²) < 4.78 is 43.8. The van der Waals surface area contributed by atoms with E-state index in [0.29, 0.717) is 18.3 Å². The zero-order chi connectivity index (χ0) is 21.0. The van der Waals surface area contributed by atoms with Crippen molar-refractivity contribution in [3.05, 3.63) is 28.8 Å². The van der Waals surface area contributed by atoms with Crippen molar-refractivity contribution in [2.24, 2.45) is 17.3 Å². The molecule has 0 aromatic heterocycles. The molecule has 5 rings (SSSR count). The average molecular weight is 450 g/mol. The molecule has 1 aromatic carbocycles. The smallest absolute Gasteiger partial charge is 0.416 e. The lowest BCUT2D eigenvalue weighted by molar-refractivity contribution is -0.171. The van der Waals surface area contributed by atoms with Crippen LogP contribution in [0.15, 0.2) is 18.2 Å². The van der Waals surface area contributed by atoms with Gasteiger partial charge in [-0.25, -0.2) is 0 Å². The predicted octanol–water partition coefficient (Wildman–Crippen LogP) is 5.42. The monoisotopic (exact) mass is 449 g/mol. The van der Waals surface area contributed by atoms with Crippen molar-refractivity contribution < 1.29 is 27.5 Å². The van der Waals surface area contributed by atoms with E-state index in [2.05, 4.69) is 5.32 Å². The van der Waals surface area contributed by atoms with Crippen LogP contribution >= 0.6 is 23.2 Å². The number of carbonyl (C=O) groups excluding carboxylic acids is 2. The van der Waals surface area contributed by atoms with Crippen molar-refractivity contribution in [2.45, 2.75) is 49.6 Å². The Morgan fingerprint density at radius 1 is 1.17 bits per heavy atom. The van der Waals surface area contributed by atoms with Gasteiger partial charge < -0.3 is 10.1 Å². The largest absolute Gasteiger partial charge is 0.455 e. The van der Waals surface area contributed by atoms with Crippen molar-refractivity contribution in [3.8, 4) is 0 Å². The molecule has 158 valence electrons. The summed E-state index contributed by atoms with van der Waals surface area (Å²) in [5.41, 5.74) is -1.77. The molecule has 0 heterocycles. The fraction of sp³-hybridized carbons (Fsp3) is 0.600. The van der Waals surface area contributed by atoms with E-state index >= 15 is 0 Å². The summed E-state index contributed by atoms with van der Waals surface area (Å²) in [4.78, 5) is 24.6. The number of ether oxygens (including phenoxy) is 1. The summed E-state index contributed by atoms with van der Waals surface area (Å²) in [6.45, 7) is -0.586. The number of nitrogens with one attached hydrogen (secondary N) is 1. The van der Waals surface area contributed by atoms with E-state index in [1.807, 2.05) is 0 Å². The second-order valence-electron chi connectivity index (χ2n) is 8.71. The molecule has 4 bridgehead atoms. The minimum Gasteiger partial charge on any atom is -0.455 e. The van der Waals surface area contributed by atoms with Crippen molar-refractivity contribution >= 4 is 40.8 Å². The minimum atomic E-state index is -4.56. The molecule has 29 heavy (non-hydrogen) atoms. The maximum atomic E-state index is 12.8. The summed E-state index contributed by atoms with van der Waals surface area (Å²) in [5, 5.41) is 2.25. The fourth-order valence-electron chi connectivity index (χ4n) is 5.66. The molecule has 0 spiro atoms. The second-order valence-corrected chi connectivity index (χ2v) is 9.92. The quantitative estimate of drug-likeness (QED) is 0.493. The molecular weight excluding hydrogens is 430 g/mol. The SMILES string of the molecule is O=C(COC(=O)C12CC3CC(CC(Cl)(C3)C1)C2)Nc1cc(C(F)(F)F)ccc1Cl. The molecule has 1 amide bonds. The van der Waals surface area contributed by atoms with E-state index in [9.17, 15) is 22.8 Å². The van der Waals surface area contributed by atoms with Gasteiger partial charge in [0.25, 0.3) is 5.91 Å². The van der Waals surface area contributed by atoms with E-state index < -0.39 is 35.6 Å². The topological polar surface area (TPSA) is 55.4 Å². The third kappa shape index (κ3) is 4.08. The van der Waals surface area contributed by atoms with Gasteiger partial charge in [-0.3, -0.25) is 9.59 Å². The Labute approximate surface area is 176 Å². The molecule has 2 unspecified atom stereocenters. The number of esters is 1. The highest BCUT2D eigenvalue weighted by atomic mass is 35.5. The minimum absolute atomic E-state index is 0.0390. The zero-order valence-corrected chi connectivity index (χ0v) is 17.0. The van der Waals surface area contributed by atoms with Gasteiger partial charge in [-0.15, -0.1) is 11.6 Å². The average Bonchev–Trinajstić information content (AvgIpc) is 2.58. The van der Waals surface area contributed by atoms with Gasteiger partial charge in [-0.2, -0.15) is 13.2 Å². The summed E-state index contributed by atoms with van der Waals surface area (Å²) in [5.74, 6) is -0.384. The van der Waals surface area contributed by atoms with Crippen LogP contribution in [0.4, 0.5) is 18.9 Å². The predicted molar refractivity (Wildman–Crippen MR) is 102 cm³/mol. The maximum Gasteiger partial charge on any atom is 0.416 e. The van der Waals surface area contributed by atoms with Crippen LogP contribution in [0.3, 0.4) is 0 Å². The number of anilines is 1. The molecule has 4 fully saturated rings.